The quantitative estimate of drug-likeness (QED) is 0.239. The van der Waals surface area contributed by atoms with Crippen LogP contribution in [0.4, 0.5) is 18.9 Å². The van der Waals surface area contributed by atoms with Crippen LogP contribution in [0.25, 0.3) is 0 Å². The zero-order chi connectivity index (χ0) is 24.8. The van der Waals surface area contributed by atoms with Crippen molar-refractivity contribution in [1.82, 2.24) is 9.88 Å². The molecule has 0 saturated carbocycles. The van der Waals surface area contributed by atoms with Crippen LogP contribution in [-0.2, 0) is 16.0 Å². The maximum atomic E-state index is 13.1. The molecule has 6 nitrogen and oxygen atoms in total. The lowest BCUT2D eigenvalue weighted by atomic mass is 9.84. The summed E-state index contributed by atoms with van der Waals surface area (Å²) in [5.74, 6) is -0.784. The van der Waals surface area contributed by atoms with Gasteiger partial charge >= 0.3 is 6.36 Å². The zero-order valence-electron chi connectivity index (χ0n) is 19.4. The number of hydrogen-bond donors (Lipinski definition) is 1. The molecule has 1 N–H and O–H groups in total. The number of carbonyl (C=O) groups excluding carboxylic acids is 1. The molecule has 0 spiro atoms. The smallest absolute Gasteiger partial charge is 0.406 e. The molecule has 0 amide bonds. The van der Waals surface area contributed by atoms with E-state index in [2.05, 4.69) is 9.72 Å². The van der Waals surface area contributed by atoms with E-state index in [-0.39, 0.29) is 18.2 Å². The Hall–Kier alpha value is -3.36. The van der Waals surface area contributed by atoms with Crippen molar-refractivity contribution in [3.8, 4) is 0 Å². The maximum Gasteiger partial charge on any atom is 0.573 e. The van der Waals surface area contributed by atoms with E-state index in [0.29, 0.717) is 17.7 Å². The van der Waals surface area contributed by atoms with Crippen LogP contribution in [-0.4, -0.2) is 49.0 Å². The molecule has 178 valence electrons. The standard InChI is InChI=1S/C24H29F3N4O2/c1-6-7-18(33-24(25,26)27)9-8-16(2)31(15-28)14-22(32)19-10-11-20-21(30(4)5)12-13-29-23(20)17(19)3/h6-10,12-13,15,17,28H,11,14H2,1-5H3/b7-6-,16-8+,18-9+,28-15?. The number of nitrogens with zero attached hydrogens (tertiary/aromatic N) is 3. The van der Waals surface area contributed by atoms with Crippen molar-refractivity contribution in [2.75, 3.05) is 25.5 Å². The Labute approximate surface area is 192 Å². The van der Waals surface area contributed by atoms with E-state index in [1.54, 1.807) is 20.0 Å². The van der Waals surface area contributed by atoms with E-state index in [0.717, 1.165) is 29.4 Å². The molecule has 1 aliphatic carbocycles. The predicted octanol–water partition coefficient (Wildman–Crippen LogP) is 5.11. The number of ether oxygens (including phenoxy) is 1. The molecule has 0 aromatic carbocycles. The van der Waals surface area contributed by atoms with Crippen molar-refractivity contribution < 1.29 is 22.7 Å². The minimum absolute atomic E-state index is 0.113. The summed E-state index contributed by atoms with van der Waals surface area (Å²) in [6.07, 6.45) is 5.48. The van der Waals surface area contributed by atoms with Gasteiger partial charge in [-0.05, 0) is 44.6 Å². The molecule has 2 rings (SSSR count). The Morgan fingerprint density at radius 3 is 2.61 bits per heavy atom. The molecule has 33 heavy (non-hydrogen) atoms. The summed E-state index contributed by atoms with van der Waals surface area (Å²) in [5, 5.41) is 7.68. The van der Waals surface area contributed by atoms with Crippen LogP contribution >= 0.6 is 0 Å². The van der Waals surface area contributed by atoms with Gasteiger partial charge in [0.15, 0.2) is 5.78 Å². The minimum Gasteiger partial charge on any atom is -0.406 e. The molecule has 1 heterocycles. The number of rotatable bonds is 9. The Morgan fingerprint density at radius 1 is 1.33 bits per heavy atom. The Kier molecular flexibility index (Phi) is 8.62. The number of hydrogen-bond acceptors (Lipinski definition) is 5. The summed E-state index contributed by atoms with van der Waals surface area (Å²) in [4.78, 5) is 20.9. The fourth-order valence-electron chi connectivity index (χ4n) is 3.63. The summed E-state index contributed by atoms with van der Waals surface area (Å²) < 4.78 is 41.6. The second-order valence-corrected chi connectivity index (χ2v) is 7.78. The van der Waals surface area contributed by atoms with Crippen molar-refractivity contribution in [3.63, 3.8) is 0 Å². The van der Waals surface area contributed by atoms with Gasteiger partial charge in [-0.3, -0.25) is 15.2 Å². The van der Waals surface area contributed by atoms with Gasteiger partial charge in [-0.25, -0.2) is 0 Å². The summed E-state index contributed by atoms with van der Waals surface area (Å²) in [6.45, 7) is 4.98. The third-order valence-electron chi connectivity index (χ3n) is 5.25. The maximum absolute atomic E-state index is 13.1. The number of anilines is 1. The average molecular weight is 463 g/mol. The monoisotopic (exact) mass is 462 g/mol. The highest BCUT2D eigenvalue weighted by Gasteiger charge is 2.31. The van der Waals surface area contributed by atoms with E-state index in [1.165, 1.54) is 23.1 Å². The second-order valence-electron chi connectivity index (χ2n) is 7.78. The molecular weight excluding hydrogens is 433 g/mol. The molecule has 0 bridgehead atoms. The molecular formula is C24H29F3N4O2. The van der Waals surface area contributed by atoms with Crippen LogP contribution < -0.4 is 4.90 Å². The number of alkyl halides is 3. The van der Waals surface area contributed by atoms with Crippen molar-refractivity contribution in [2.45, 2.75) is 39.5 Å². The molecule has 0 saturated heterocycles. The fourth-order valence-corrected chi connectivity index (χ4v) is 3.63. The lowest BCUT2D eigenvalue weighted by Crippen LogP contribution is -2.30. The number of halogens is 3. The number of carbonyl (C=O) groups is 1. The van der Waals surface area contributed by atoms with Crippen molar-refractivity contribution in [1.29, 1.82) is 5.41 Å². The zero-order valence-corrected chi connectivity index (χ0v) is 19.4. The highest BCUT2D eigenvalue weighted by molar-refractivity contribution is 5.99. The normalized spacial score (nSPS) is 16.8. The number of Topliss-reactive ketones (excluding diaryl/α,β-unsaturated/α-hetero) is 1. The van der Waals surface area contributed by atoms with E-state index in [9.17, 15) is 18.0 Å². The van der Waals surface area contributed by atoms with Gasteiger partial charge in [0.05, 0.1) is 18.6 Å². The molecule has 0 fully saturated rings. The largest absolute Gasteiger partial charge is 0.573 e. The fraction of sp³-hybridized carbons (Fsp3) is 0.375. The van der Waals surface area contributed by atoms with Crippen LogP contribution in [0.3, 0.4) is 0 Å². The van der Waals surface area contributed by atoms with Gasteiger partial charge in [0.2, 0.25) is 0 Å². The van der Waals surface area contributed by atoms with E-state index >= 15 is 0 Å². The van der Waals surface area contributed by atoms with E-state index < -0.39 is 12.1 Å². The van der Waals surface area contributed by atoms with Gasteiger partial charge in [-0.2, -0.15) is 0 Å². The number of aromatic nitrogens is 1. The van der Waals surface area contributed by atoms with Crippen LogP contribution in [0.1, 0.15) is 37.9 Å². The van der Waals surface area contributed by atoms with Crippen LogP contribution in [0.2, 0.25) is 0 Å². The Bertz CT molecular complexity index is 1010. The predicted molar refractivity (Wildman–Crippen MR) is 123 cm³/mol. The second kappa shape index (κ2) is 11.0. The van der Waals surface area contributed by atoms with E-state index in [1.807, 2.05) is 38.1 Å². The highest BCUT2D eigenvalue weighted by atomic mass is 19.4. The highest BCUT2D eigenvalue weighted by Crippen LogP contribution is 2.35. The third-order valence-corrected chi connectivity index (χ3v) is 5.25. The summed E-state index contributed by atoms with van der Waals surface area (Å²) >= 11 is 0. The number of allylic oxidation sites excluding steroid dienone is 6. The van der Waals surface area contributed by atoms with Crippen molar-refractivity contribution in [3.05, 3.63) is 70.9 Å². The number of nitrogens with one attached hydrogen (secondary N) is 1. The molecule has 1 atom stereocenters. The van der Waals surface area contributed by atoms with E-state index in [4.69, 9.17) is 5.41 Å². The lowest BCUT2D eigenvalue weighted by Gasteiger charge is -2.28. The molecule has 0 aliphatic heterocycles. The molecule has 1 aromatic heterocycles. The van der Waals surface area contributed by atoms with Gasteiger partial charge in [0, 0.05) is 48.7 Å². The lowest BCUT2D eigenvalue weighted by molar-refractivity contribution is -0.303. The van der Waals surface area contributed by atoms with Gasteiger partial charge in [-0.15, -0.1) is 13.2 Å². The number of ketones is 1. The van der Waals surface area contributed by atoms with Crippen LogP contribution in [0.5, 0.6) is 0 Å². The first-order valence-electron chi connectivity index (χ1n) is 10.4. The summed E-state index contributed by atoms with van der Waals surface area (Å²) in [5.41, 5.74) is 4.01. The Balaban J connectivity index is 2.20. The van der Waals surface area contributed by atoms with Gasteiger partial charge in [0.1, 0.15) is 5.76 Å². The topological polar surface area (TPSA) is 69.5 Å². The molecule has 1 aliphatic rings. The minimum atomic E-state index is -4.81. The van der Waals surface area contributed by atoms with Crippen LogP contribution in [0.15, 0.2) is 59.7 Å². The van der Waals surface area contributed by atoms with Gasteiger partial charge < -0.3 is 14.5 Å². The average Bonchev–Trinajstić information content (AvgIpc) is 2.74. The third kappa shape index (κ3) is 6.81. The van der Waals surface area contributed by atoms with Gasteiger partial charge in [0.25, 0.3) is 0 Å². The molecule has 1 unspecified atom stereocenters. The number of pyridine rings is 1. The SMILES string of the molecule is C\C=C/C(=C\C=C(/C)N(C=N)CC(=O)C1=CCc2c(N(C)C)ccnc2C1C)OC(F)(F)F. The first-order chi connectivity index (χ1) is 15.5. The number of fused-ring (bicyclic) bond motifs is 1. The first-order valence-corrected chi connectivity index (χ1v) is 10.4. The van der Waals surface area contributed by atoms with Crippen molar-refractivity contribution >= 4 is 17.8 Å². The van der Waals surface area contributed by atoms with Gasteiger partial charge in [-0.1, -0.05) is 19.1 Å². The molecule has 1 aromatic rings. The first kappa shape index (κ1) is 25.9. The summed E-state index contributed by atoms with van der Waals surface area (Å²) in [7, 11) is 3.91. The summed E-state index contributed by atoms with van der Waals surface area (Å²) in [6, 6.07) is 1.94. The van der Waals surface area contributed by atoms with Crippen molar-refractivity contribution in [2.24, 2.45) is 0 Å². The molecule has 0 radical (unpaired) electrons. The molecule has 9 heteroatoms. The van der Waals surface area contributed by atoms with Crippen LogP contribution in [0, 0.1) is 5.41 Å². The Morgan fingerprint density at radius 2 is 2.03 bits per heavy atom.